The number of nitrogens with zero attached hydrogens (tertiary/aromatic N) is 1. The van der Waals surface area contributed by atoms with Crippen LogP contribution in [0.3, 0.4) is 0 Å². The average molecular weight is 514 g/mol. The third-order valence-electron chi connectivity index (χ3n) is 8.36. The number of aromatic hydroxyl groups is 1. The molecule has 0 heterocycles. The molecule has 0 unspecified atom stereocenters. The maximum absolute atomic E-state index is 15.6. The van der Waals surface area contributed by atoms with Crippen LogP contribution in [0, 0.1) is 23.6 Å². The zero-order chi connectivity index (χ0) is 27.0. The highest BCUT2D eigenvalue weighted by atomic mass is 19.1. The van der Waals surface area contributed by atoms with Crippen LogP contribution in [-0.4, -0.2) is 69.3 Å². The highest BCUT2D eigenvalue weighted by molar-refractivity contribution is 6.13. The van der Waals surface area contributed by atoms with Gasteiger partial charge in [-0.25, -0.2) is 4.39 Å². The van der Waals surface area contributed by atoms with Crippen LogP contribution < -0.4 is 11.1 Å². The topological polar surface area (TPSA) is 156 Å². The number of rotatable bonds is 6. The molecule has 0 spiro atoms. The number of allylic oxidation sites excluding steroid dienone is 1. The predicted molar refractivity (Wildman–Crippen MR) is 132 cm³/mol. The summed E-state index contributed by atoms with van der Waals surface area (Å²) in [6.07, 6.45) is 2.35. The van der Waals surface area contributed by atoms with E-state index < -0.39 is 58.1 Å². The lowest BCUT2D eigenvalue weighted by Gasteiger charge is -2.52. The van der Waals surface area contributed by atoms with Crippen LogP contribution in [0.25, 0.3) is 0 Å². The van der Waals surface area contributed by atoms with Gasteiger partial charge in [0.15, 0.2) is 11.4 Å². The number of benzene rings is 1. The van der Waals surface area contributed by atoms with Crippen molar-refractivity contribution >= 4 is 11.7 Å². The maximum Gasteiger partial charge on any atom is 0.252 e. The van der Waals surface area contributed by atoms with Gasteiger partial charge in [0, 0.05) is 34.7 Å². The van der Waals surface area contributed by atoms with E-state index in [1.807, 2.05) is 0 Å². The standard InChI is InChI=1S/C27H32FN3O6/c1-11-18(26(29)36)24(34)22(31(2)3)16-7-13-6-15-20(23(33)19(13)25(35)27(11,16)37)17(32)8-14(21(15)28)10-30-9-12-4-5-12/h8,12-13,16,22,30,32,34-35,37H,1,4-7,9-10H2,2-3H3,(H2,29,36)/t13-,16-,22-,27-/m0/s1. The lowest BCUT2D eigenvalue weighted by atomic mass is 9.57. The van der Waals surface area contributed by atoms with E-state index in [1.165, 1.54) is 6.07 Å². The van der Waals surface area contributed by atoms with Crippen molar-refractivity contribution < 1.29 is 34.4 Å². The molecule has 10 heteroatoms. The van der Waals surface area contributed by atoms with Gasteiger partial charge in [-0.05, 0) is 64.2 Å². The molecular formula is C27H32FN3O6. The predicted octanol–water partition coefficient (Wildman–Crippen LogP) is 1.75. The molecule has 1 saturated carbocycles. The number of halogens is 1. The minimum absolute atomic E-state index is 0.00266. The van der Waals surface area contributed by atoms with Crippen LogP contribution in [0.1, 0.15) is 40.7 Å². The largest absolute Gasteiger partial charge is 0.510 e. The molecule has 0 aromatic heterocycles. The number of phenols is 1. The first kappa shape index (κ1) is 25.4. The Morgan fingerprint density at radius 2 is 1.97 bits per heavy atom. The van der Waals surface area contributed by atoms with Crippen LogP contribution in [0.5, 0.6) is 5.75 Å². The van der Waals surface area contributed by atoms with Gasteiger partial charge in [0.25, 0.3) is 5.91 Å². The summed E-state index contributed by atoms with van der Waals surface area (Å²) >= 11 is 0. The van der Waals surface area contributed by atoms with E-state index in [2.05, 4.69) is 11.9 Å². The van der Waals surface area contributed by atoms with Crippen molar-refractivity contribution in [2.75, 3.05) is 20.6 Å². The Labute approximate surface area is 213 Å². The Bertz CT molecular complexity index is 1300. The smallest absolute Gasteiger partial charge is 0.252 e. The molecule has 0 bridgehead atoms. The van der Waals surface area contributed by atoms with E-state index in [1.54, 1.807) is 19.0 Å². The Hall–Kier alpha value is -3.21. The Kier molecular flexibility index (Phi) is 5.97. The van der Waals surface area contributed by atoms with Crippen LogP contribution in [0.2, 0.25) is 0 Å². The zero-order valence-corrected chi connectivity index (χ0v) is 20.8. The number of amides is 1. The molecule has 0 saturated heterocycles. The van der Waals surface area contributed by atoms with Crippen molar-refractivity contribution in [3.8, 4) is 5.75 Å². The van der Waals surface area contributed by atoms with E-state index in [-0.39, 0.29) is 53.0 Å². The third kappa shape index (κ3) is 3.69. The van der Waals surface area contributed by atoms with Crippen molar-refractivity contribution in [1.29, 1.82) is 0 Å². The molecule has 7 N–H and O–H groups in total. The highest BCUT2D eigenvalue weighted by Crippen LogP contribution is 2.55. The number of primary amides is 1. The van der Waals surface area contributed by atoms with Gasteiger partial charge in [0.05, 0.1) is 17.2 Å². The number of aliphatic hydroxyl groups excluding tert-OH is 2. The number of nitrogens with one attached hydrogen (secondary N) is 1. The number of fused-ring (bicyclic) bond motifs is 3. The fourth-order valence-electron chi connectivity index (χ4n) is 6.38. The number of likely N-dealkylation sites (N-methyl/N-ethyl adjacent to an activating group) is 1. The lowest BCUT2D eigenvalue weighted by molar-refractivity contribution is -0.115. The summed E-state index contributed by atoms with van der Waals surface area (Å²) in [5.74, 6) is -4.95. The minimum Gasteiger partial charge on any atom is -0.510 e. The van der Waals surface area contributed by atoms with Crippen LogP contribution in [0.4, 0.5) is 4.39 Å². The van der Waals surface area contributed by atoms with Gasteiger partial charge >= 0.3 is 0 Å². The summed E-state index contributed by atoms with van der Waals surface area (Å²) in [7, 11) is 3.26. The quantitative estimate of drug-likeness (QED) is 0.336. The fourth-order valence-corrected chi connectivity index (χ4v) is 6.38. The first-order valence-corrected chi connectivity index (χ1v) is 12.4. The number of ketones is 1. The van der Waals surface area contributed by atoms with Crippen LogP contribution >= 0.6 is 0 Å². The minimum atomic E-state index is -2.27. The van der Waals surface area contributed by atoms with E-state index in [0.717, 1.165) is 19.4 Å². The molecule has 5 rings (SSSR count). The number of aliphatic hydroxyl groups is 3. The maximum atomic E-state index is 15.6. The number of hydrogen-bond donors (Lipinski definition) is 6. The summed E-state index contributed by atoms with van der Waals surface area (Å²) in [4.78, 5) is 27.4. The SMILES string of the molecule is C=C1C(C(N)=O)=C(O)[C@@H](N(C)C)[C@@H]2C[C@@H]3Cc4c(F)c(CNCC5CC5)cc(O)c4C(=O)C3=C(O)[C@]12O. The second kappa shape index (κ2) is 8.68. The van der Waals surface area contributed by atoms with Gasteiger partial charge in [0.1, 0.15) is 23.1 Å². The number of carbonyl (C=O) groups is 2. The Balaban J connectivity index is 1.61. The summed E-state index contributed by atoms with van der Waals surface area (Å²) in [5, 5.41) is 48.1. The molecule has 9 nitrogen and oxygen atoms in total. The fraction of sp³-hybridized carbons (Fsp3) is 0.481. The van der Waals surface area contributed by atoms with Gasteiger partial charge in [-0.15, -0.1) is 0 Å². The summed E-state index contributed by atoms with van der Waals surface area (Å²) < 4.78 is 15.6. The van der Waals surface area contributed by atoms with E-state index in [9.17, 15) is 30.0 Å². The molecule has 1 fully saturated rings. The number of hydrogen-bond acceptors (Lipinski definition) is 8. The first-order chi connectivity index (χ1) is 17.4. The third-order valence-corrected chi connectivity index (χ3v) is 8.36. The van der Waals surface area contributed by atoms with E-state index in [0.29, 0.717) is 5.92 Å². The van der Waals surface area contributed by atoms with Crippen molar-refractivity contribution in [3.63, 3.8) is 0 Å². The molecule has 0 aliphatic heterocycles. The lowest BCUT2D eigenvalue weighted by Crippen LogP contribution is -2.60. The van der Waals surface area contributed by atoms with Gasteiger partial charge in [-0.2, -0.15) is 0 Å². The summed E-state index contributed by atoms with van der Waals surface area (Å²) in [5.41, 5.74) is 2.38. The highest BCUT2D eigenvalue weighted by Gasteiger charge is 2.60. The van der Waals surface area contributed by atoms with Crippen molar-refractivity contribution in [3.05, 3.63) is 63.4 Å². The van der Waals surface area contributed by atoms with E-state index in [4.69, 9.17) is 5.73 Å². The monoisotopic (exact) mass is 513 g/mol. The van der Waals surface area contributed by atoms with Crippen molar-refractivity contribution in [2.45, 2.75) is 43.9 Å². The van der Waals surface area contributed by atoms with Crippen molar-refractivity contribution in [2.24, 2.45) is 23.5 Å². The number of Topliss-reactive ketones (excluding diaryl/α,β-unsaturated/α-hetero) is 1. The summed E-state index contributed by atoms with van der Waals surface area (Å²) in [6, 6.07) is 0.284. The molecule has 37 heavy (non-hydrogen) atoms. The van der Waals surface area contributed by atoms with E-state index >= 15 is 4.39 Å². The number of carbonyl (C=O) groups excluding carboxylic acids is 2. The molecule has 198 valence electrons. The Morgan fingerprint density at radius 1 is 1.30 bits per heavy atom. The molecule has 0 radical (unpaired) electrons. The van der Waals surface area contributed by atoms with Crippen molar-refractivity contribution in [1.82, 2.24) is 10.2 Å². The molecule has 4 atom stereocenters. The van der Waals surface area contributed by atoms with Gasteiger partial charge in [-0.1, -0.05) is 6.58 Å². The molecule has 4 aliphatic carbocycles. The molecule has 1 amide bonds. The Morgan fingerprint density at radius 3 is 2.57 bits per heavy atom. The van der Waals surface area contributed by atoms with Gasteiger partial charge < -0.3 is 31.5 Å². The second-order valence-electron chi connectivity index (χ2n) is 10.9. The van der Waals surface area contributed by atoms with Crippen LogP contribution in [0.15, 0.2) is 40.9 Å². The molecule has 1 aromatic carbocycles. The molecular weight excluding hydrogens is 481 g/mol. The first-order valence-electron chi connectivity index (χ1n) is 12.4. The van der Waals surface area contributed by atoms with Gasteiger partial charge in [-0.3, -0.25) is 14.5 Å². The number of phenolic OH excluding ortho intramolecular Hbond substituents is 1. The second-order valence-corrected chi connectivity index (χ2v) is 10.9. The van der Waals surface area contributed by atoms with Gasteiger partial charge in [0.2, 0.25) is 0 Å². The van der Waals surface area contributed by atoms with Crippen LogP contribution in [-0.2, 0) is 17.8 Å². The zero-order valence-electron chi connectivity index (χ0n) is 20.8. The molecule has 4 aliphatic rings. The molecule has 1 aromatic rings. The number of nitrogens with two attached hydrogens (primary N) is 1. The normalized spacial score (nSPS) is 29.4. The average Bonchev–Trinajstić information content (AvgIpc) is 3.63. The summed E-state index contributed by atoms with van der Waals surface area (Å²) in [6.45, 7) is 4.71.